The van der Waals surface area contributed by atoms with E-state index in [0.29, 0.717) is 17.9 Å². The highest BCUT2D eigenvalue weighted by Crippen LogP contribution is 2.58. The van der Waals surface area contributed by atoms with E-state index in [9.17, 15) is 10.2 Å². The molecular formula is C29H36O2. The molecule has 0 amide bonds. The van der Waals surface area contributed by atoms with Crippen LogP contribution in [0.15, 0.2) is 35.9 Å². The molecule has 2 saturated carbocycles. The maximum absolute atomic E-state index is 11.3. The lowest BCUT2D eigenvalue weighted by molar-refractivity contribution is 0.307. The quantitative estimate of drug-likeness (QED) is 0.514. The van der Waals surface area contributed by atoms with E-state index in [1.807, 2.05) is 0 Å². The summed E-state index contributed by atoms with van der Waals surface area (Å²) in [6.45, 7) is 6.56. The van der Waals surface area contributed by atoms with E-state index >= 15 is 0 Å². The first-order valence-electron chi connectivity index (χ1n) is 12.2. The van der Waals surface area contributed by atoms with Crippen LogP contribution in [0.1, 0.15) is 98.1 Å². The number of aromatic hydroxyl groups is 2. The Bertz CT molecular complexity index is 994. The van der Waals surface area contributed by atoms with Gasteiger partial charge in [0.05, 0.1) is 0 Å². The highest BCUT2D eigenvalue weighted by atomic mass is 16.3. The molecule has 0 aromatic heterocycles. The Morgan fingerprint density at radius 2 is 1.32 bits per heavy atom. The molecule has 0 heterocycles. The molecule has 0 saturated heterocycles. The molecule has 0 radical (unpaired) electrons. The van der Waals surface area contributed by atoms with E-state index in [-0.39, 0.29) is 10.8 Å². The van der Waals surface area contributed by atoms with Crippen molar-refractivity contribution in [2.75, 3.05) is 0 Å². The zero-order valence-corrected chi connectivity index (χ0v) is 19.4. The number of hydrogen-bond donors (Lipinski definition) is 2. The SMILES string of the molecule is Cc1cc(Cc2cc(C)cc(C34C=C3CCCC4)c2O)c(O)c(C2(C)CCCCC2)c1. The summed E-state index contributed by atoms with van der Waals surface area (Å²) in [4.78, 5) is 0. The fourth-order valence-electron chi connectivity index (χ4n) is 6.48. The van der Waals surface area contributed by atoms with Gasteiger partial charge in [0.1, 0.15) is 11.5 Å². The van der Waals surface area contributed by atoms with Crippen molar-refractivity contribution in [3.8, 4) is 11.5 Å². The van der Waals surface area contributed by atoms with Gasteiger partial charge in [-0.1, -0.05) is 79.6 Å². The number of rotatable bonds is 4. The van der Waals surface area contributed by atoms with Crippen LogP contribution < -0.4 is 0 Å². The third-order valence-electron chi connectivity index (χ3n) is 8.31. The van der Waals surface area contributed by atoms with Gasteiger partial charge in [0, 0.05) is 23.0 Å². The van der Waals surface area contributed by atoms with Crippen molar-refractivity contribution < 1.29 is 10.2 Å². The third kappa shape index (κ3) is 3.49. The zero-order chi connectivity index (χ0) is 21.8. The van der Waals surface area contributed by atoms with Gasteiger partial charge in [-0.3, -0.25) is 0 Å². The van der Waals surface area contributed by atoms with Crippen LogP contribution in [-0.4, -0.2) is 10.2 Å². The Balaban J connectivity index is 1.52. The van der Waals surface area contributed by atoms with Crippen molar-refractivity contribution in [1.29, 1.82) is 0 Å². The minimum atomic E-state index is 0.0124. The first-order valence-corrected chi connectivity index (χ1v) is 12.2. The maximum Gasteiger partial charge on any atom is 0.123 e. The van der Waals surface area contributed by atoms with Gasteiger partial charge in [-0.15, -0.1) is 0 Å². The second-order valence-electron chi connectivity index (χ2n) is 10.8. The van der Waals surface area contributed by atoms with E-state index in [2.05, 4.69) is 51.1 Å². The van der Waals surface area contributed by atoms with Crippen LogP contribution in [0.25, 0.3) is 0 Å². The summed E-state index contributed by atoms with van der Waals surface area (Å²) >= 11 is 0. The van der Waals surface area contributed by atoms with Crippen LogP contribution in [0.3, 0.4) is 0 Å². The monoisotopic (exact) mass is 416 g/mol. The standard InChI is InChI=1S/C29H36O2/c1-19-13-21(26(30)24(15-19)28(3)10-6-4-7-11-28)17-22-14-20(2)16-25(27(22)31)29-12-8-5-9-23(29)18-29/h13-16,18,30-31H,4-12,17H2,1-3H3. The molecule has 3 aliphatic rings. The summed E-state index contributed by atoms with van der Waals surface area (Å²) in [6, 6.07) is 8.57. The smallest absolute Gasteiger partial charge is 0.123 e. The average molecular weight is 417 g/mol. The maximum atomic E-state index is 11.3. The Hall–Kier alpha value is -2.22. The second-order valence-corrected chi connectivity index (χ2v) is 10.8. The Morgan fingerprint density at radius 3 is 1.97 bits per heavy atom. The van der Waals surface area contributed by atoms with Crippen LogP contribution in [0, 0.1) is 13.8 Å². The lowest BCUT2D eigenvalue weighted by Crippen LogP contribution is -2.25. The molecule has 0 spiro atoms. The van der Waals surface area contributed by atoms with Crippen molar-refractivity contribution >= 4 is 0 Å². The fraction of sp³-hybridized carbons (Fsp3) is 0.517. The van der Waals surface area contributed by atoms with Crippen molar-refractivity contribution in [1.82, 2.24) is 0 Å². The number of hydrogen-bond acceptors (Lipinski definition) is 2. The zero-order valence-electron chi connectivity index (χ0n) is 19.4. The minimum absolute atomic E-state index is 0.0124. The van der Waals surface area contributed by atoms with Gasteiger partial charge in [0.2, 0.25) is 0 Å². The lowest BCUT2D eigenvalue weighted by atomic mass is 9.70. The van der Waals surface area contributed by atoms with E-state index in [0.717, 1.165) is 41.5 Å². The van der Waals surface area contributed by atoms with E-state index in [1.54, 1.807) is 0 Å². The Kier molecular flexibility index (Phi) is 4.95. The van der Waals surface area contributed by atoms with Gasteiger partial charge in [0.25, 0.3) is 0 Å². The summed E-state index contributed by atoms with van der Waals surface area (Å²) in [7, 11) is 0. The molecule has 1 unspecified atom stereocenters. The van der Waals surface area contributed by atoms with Crippen molar-refractivity contribution in [2.24, 2.45) is 0 Å². The first kappa shape index (κ1) is 20.7. The van der Waals surface area contributed by atoms with Crippen molar-refractivity contribution in [3.63, 3.8) is 0 Å². The summed E-state index contributed by atoms with van der Waals surface area (Å²) < 4.78 is 0. The van der Waals surface area contributed by atoms with E-state index in [4.69, 9.17) is 0 Å². The molecule has 2 aromatic carbocycles. The van der Waals surface area contributed by atoms with Gasteiger partial charge >= 0.3 is 0 Å². The summed E-state index contributed by atoms with van der Waals surface area (Å²) in [5, 5.41) is 22.7. The normalized spacial score (nSPS) is 24.4. The minimum Gasteiger partial charge on any atom is -0.507 e. The van der Waals surface area contributed by atoms with Crippen LogP contribution in [0.4, 0.5) is 0 Å². The summed E-state index contributed by atoms with van der Waals surface area (Å²) in [5.74, 6) is 0.878. The van der Waals surface area contributed by atoms with E-state index < -0.39 is 0 Å². The average Bonchev–Trinajstić information content (AvgIpc) is 3.49. The molecule has 2 fully saturated rings. The number of fused-ring (bicyclic) bond motifs is 1. The highest BCUT2D eigenvalue weighted by molar-refractivity contribution is 5.63. The lowest BCUT2D eigenvalue weighted by Gasteiger charge is -2.35. The Labute approximate surface area is 187 Å². The number of aryl methyl sites for hydroxylation is 2. The molecule has 31 heavy (non-hydrogen) atoms. The molecule has 2 heteroatoms. The van der Waals surface area contributed by atoms with Gasteiger partial charge in [0.15, 0.2) is 0 Å². The molecule has 0 aliphatic heterocycles. The topological polar surface area (TPSA) is 40.5 Å². The largest absolute Gasteiger partial charge is 0.507 e. The molecule has 2 nitrogen and oxygen atoms in total. The van der Waals surface area contributed by atoms with Crippen LogP contribution in [0.2, 0.25) is 0 Å². The van der Waals surface area contributed by atoms with E-state index in [1.165, 1.54) is 55.2 Å². The molecule has 5 rings (SSSR count). The second kappa shape index (κ2) is 7.43. The van der Waals surface area contributed by atoms with Crippen molar-refractivity contribution in [3.05, 3.63) is 69.3 Å². The molecule has 0 bridgehead atoms. The predicted molar refractivity (Wildman–Crippen MR) is 127 cm³/mol. The van der Waals surface area contributed by atoms with Gasteiger partial charge in [-0.05, 0) is 62.5 Å². The molecular weight excluding hydrogens is 380 g/mol. The van der Waals surface area contributed by atoms with Crippen LogP contribution in [-0.2, 0) is 17.3 Å². The number of phenolic OH excluding ortho intramolecular Hbond substituents is 2. The highest BCUT2D eigenvalue weighted by Gasteiger charge is 2.48. The van der Waals surface area contributed by atoms with Crippen LogP contribution >= 0.6 is 0 Å². The number of allylic oxidation sites excluding steroid dienone is 2. The summed E-state index contributed by atoms with van der Waals surface area (Å²) in [5.41, 5.74) is 8.03. The first-order chi connectivity index (χ1) is 14.8. The van der Waals surface area contributed by atoms with Gasteiger partial charge < -0.3 is 10.2 Å². The fourth-order valence-corrected chi connectivity index (χ4v) is 6.48. The van der Waals surface area contributed by atoms with Crippen LogP contribution in [0.5, 0.6) is 11.5 Å². The van der Waals surface area contributed by atoms with Gasteiger partial charge in [-0.25, -0.2) is 0 Å². The molecule has 164 valence electrons. The number of phenols is 2. The molecule has 2 aromatic rings. The molecule has 1 atom stereocenters. The van der Waals surface area contributed by atoms with Crippen molar-refractivity contribution in [2.45, 2.75) is 95.8 Å². The number of benzene rings is 2. The molecule has 3 aliphatic carbocycles. The van der Waals surface area contributed by atoms with Gasteiger partial charge in [-0.2, -0.15) is 0 Å². The summed E-state index contributed by atoms with van der Waals surface area (Å²) in [6.07, 6.45) is 13.8. The predicted octanol–water partition coefficient (Wildman–Crippen LogP) is 7.28. The third-order valence-corrected chi connectivity index (χ3v) is 8.31. The molecule has 2 N–H and O–H groups in total. The Morgan fingerprint density at radius 1 is 0.742 bits per heavy atom.